The van der Waals surface area contributed by atoms with Crippen LogP contribution in [0.3, 0.4) is 0 Å². The number of fused-ring (bicyclic) bond motifs is 3. The largest absolute Gasteiger partial charge is 0.391 e. The molecule has 2 unspecified atom stereocenters. The Kier molecular flexibility index (Phi) is 3.47. The fourth-order valence-corrected chi connectivity index (χ4v) is 3.68. The summed E-state index contributed by atoms with van der Waals surface area (Å²) in [5, 5.41) is 12.4. The maximum Gasteiger partial charge on any atom is 0.0711 e. The lowest BCUT2D eigenvalue weighted by molar-refractivity contribution is -0.0478. The van der Waals surface area contributed by atoms with Crippen LogP contribution in [-0.2, 0) is 6.42 Å². The Balaban J connectivity index is 1.54. The second-order valence-electron chi connectivity index (χ2n) is 5.09. The van der Waals surface area contributed by atoms with Gasteiger partial charge in [-0.3, -0.25) is 9.80 Å². The Labute approximate surface area is 107 Å². The predicted octanol–water partition coefficient (Wildman–Crippen LogP) is 1.04. The molecule has 1 aromatic heterocycles. The molecule has 4 heteroatoms. The van der Waals surface area contributed by atoms with E-state index in [2.05, 4.69) is 27.3 Å². The molecule has 2 bridgehead atoms. The van der Waals surface area contributed by atoms with Gasteiger partial charge in [0, 0.05) is 43.6 Å². The number of hydrogen-bond acceptors (Lipinski definition) is 4. The summed E-state index contributed by atoms with van der Waals surface area (Å²) in [5.41, 5.74) is 0. The minimum Gasteiger partial charge on any atom is -0.391 e. The predicted molar refractivity (Wildman–Crippen MR) is 70.4 cm³/mol. The summed E-state index contributed by atoms with van der Waals surface area (Å²) in [5.74, 6) is 0. The van der Waals surface area contributed by atoms with Crippen LogP contribution in [0.15, 0.2) is 17.5 Å². The molecule has 1 aromatic rings. The first kappa shape index (κ1) is 11.7. The van der Waals surface area contributed by atoms with Crippen LogP contribution in [0.2, 0.25) is 0 Å². The number of aliphatic hydroxyl groups is 1. The van der Waals surface area contributed by atoms with Crippen LogP contribution in [0.5, 0.6) is 0 Å². The molecule has 0 radical (unpaired) electrons. The number of rotatable bonds is 4. The zero-order valence-corrected chi connectivity index (χ0v) is 10.9. The molecule has 3 aliphatic rings. The molecule has 94 valence electrons. The third-order valence-corrected chi connectivity index (χ3v) is 4.97. The lowest BCUT2D eigenvalue weighted by atomic mass is 9.98. The Morgan fingerprint density at radius 3 is 2.76 bits per heavy atom. The summed E-state index contributed by atoms with van der Waals surface area (Å²) in [6, 6.07) is 4.62. The van der Waals surface area contributed by atoms with E-state index >= 15 is 0 Å². The molecule has 2 atom stereocenters. The van der Waals surface area contributed by atoms with Gasteiger partial charge in [-0.1, -0.05) is 6.07 Å². The Bertz CT molecular complexity index is 346. The number of thiophene rings is 1. The van der Waals surface area contributed by atoms with Gasteiger partial charge in [-0.2, -0.15) is 0 Å². The van der Waals surface area contributed by atoms with Gasteiger partial charge >= 0.3 is 0 Å². The second-order valence-corrected chi connectivity index (χ2v) is 6.12. The van der Waals surface area contributed by atoms with Gasteiger partial charge in [0.1, 0.15) is 0 Å². The molecule has 0 aliphatic carbocycles. The molecule has 3 nitrogen and oxygen atoms in total. The molecule has 4 heterocycles. The second kappa shape index (κ2) is 5.06. The van der Waals surface area contributed by atoms with Crippen molar-refractivity contribution in [3.05, 3.63) is 22.4 Å². The first-order valence-electron chi connectivity index (χ1n) is 6.50. The maximum absolute atomic E-state index is 10.3. The molecule has 0 spiro atoms. The van der Waals surface area contributed by atoms with Crippen molar-refractivity contribution in [2.75, 3.05) is 32.7 Å². The summed E-state index contributed by atoms with van der Waals surface area (Å²) < 4.78 is 0. The lowest BCUT2D eigenvalue weighted by Gasteiger charge is -2.49. The minimum absolute atomic E-state index is 0.166. The van der Waals surface area contributed by atoms with Crippen LogP contribution in [0, 0.1) is 0 Å². The molecule has 17 heavy (non-hydrogen) atoms. The van der Waals surface area contributed by atoms with Crippen LogP contribution >= 0.6 is 11.3 Å². The van der Waals surface area contributed by atoms with E-state index in [1.807, 2.05) is 0 Å². The average Bonchev–Trinajstić information content (AvgIpc) is 2.90. The number of nitrogens with zero attached hydrogens (tertiary/aromatic N) is 2. The quantitative estimate of drug-likeness (QED) is 0.867. The van der Waals surface area contributed by atoms with E-state index in [9.17, 15) is 5.11 Å². The summed E-state index contributed by atoms with van der Waals surface area (Å²) in [4.78, 5) is 6.35. The monoisotopic (exact) mass is 252 g/mol. The maximum atomic E-state index is 10.3. The highest BCUT2D eigenvalue weighted by molar-refractivity contribution is 7.09. The SMILES string of the molecule is OC(CCc1cccs1)C1CN2CCN1CC2. The van der Waals surface area contributed by atoms with E-state index in [0.29, 0.717) is 6.04 Å². The van der Waals surface area contributed by atoms with Gasteiger partial charge in [0.05, 0.1) is 6.10 Å². The van der Waals surface area contributed by atoms with Crippen molar-refractivity contribution >= 4 is 11.3 Å². The molecule has 4 rings (SSSR count). The van der Waals surface area contributed by atoms with Crippen LogP contribution in [0.25, 0.3) is 0 Å². The van der Waals surface area contributed by atoms with Crippen LogP contribution in [0.1, 0.15) is 11.3 Å². The van der Waals surface area contributed by atoms with Gasteiger partial charge in [-0.15, -0.1) is 11.3 Å². The molecule has 3 aliphatic heterocycles. The number of aryl methyl sites for hydroxylation is 1. The zero-order chi connectivity index (χ0) is 11.7. The molecule has 0 aromatic carbocycles. The van der Waals surface area contributed by atoms with Crippen molar-refractivity contribution in [3.63, 3.8) is 0 Å². The van der Waals surface area contributed by atoms with Crippen molar-refractivity contribution in [3.8, 4) is 0 Å². The van der Waals surface area contributed by atoms with Crippen molar-refractivity contribution in [2.24, 2.45) is 0 Å². The molecule has 1 N–H and O–H groups in total. The summed E-state index contributed by atoms with van der Waals surface area (Å²) in [6.07, 6.45) is 1.75. The third kappa shape index (κ3) is 2.55. The summed E-state index contributed by atoms with van der Waals surface area (Å²) >= 11 is 1.79. The standard InChI is InChI=1S/C13H20N2OS/c16-13(4-3-11-2-1-9-17-11)12-10-14-5-7-15(12)8-6-14/h1-2,9,12-13,16H,3-8,10H2. The van der Waals surface area contributed by atoms with Crippen LogP contribution < -0.4 is 0 Å². The van der Waals surface area contributed by atoms with E-state index < -0.39 is 0 Å². The van der Waals surface area contributed by atoms with Gasteiger partial charge in [-0.25, -0.2) is 0 Å². The minimum atomic E-state index is -0.166. The van der Waals surface area contributed by atoms with Gasteiger partial charge in [0.25, 0.3) is 0 Å². The van der Waals surface area contributed by atoms with E-state index in [-0.39, 0.29) is 6.10 Å². The zero-order valence-electron chi connectivity index (χ0n) is 10.1. The molecule has 3 fully saturated rings. The van der Waals surface area contributed by atoms with Crippen molar-refractivity contribution in [2.45, 2.75) is 25.0 Å². The van der Waals surface area contributed by atoms with E-state index in [1.54, 1.807) is 11.3 Å². The van der Waals surface area contributed by atoms with Crippen LogP contribution in [0.4, 0.5) is 0 Å². The molecular formula is C13H20N2OS. The summed E-state index contributed by atoms with van der Waals surface area (Å²) in [7, 11) is 0. The molecule has 0 amide bonds. The number of aliphatic hydroxyl groups excluding tert-OH is 1. The Morgan fingerprint density at radius 2 is 2.18 bits per heavy atom. The molecular weight excluding hydrogens is 232 g/mol. The van der Waals surface area contributed by atoms with Gasteiger partial charge in [0.2, 0.25) is 0 Å². The topological polar surface area (TPSA) is 26.7 Å². The molecule has 3 saturated heterocycles. The van der Waals surface area contributed by atoms with E-state index in [1.165, 1.54) is 18.0 Å². The third-order valence-electron chi connectivity index (χ3n) is 4.03. The van der Waals surface area contributed by atoms with Gasteiger partial charge < -0.3 is 5.11 Å². The Morgan fingerprint density at radius 1 is 1.35 bits per heavy atom. The fourth-order valence-electron chi connectivity index (χ4n) is 2.96. The van der Waals surface area contributed by atoms with E-state index in [0.717, 1.165) is 32.5 Å². The highest BCUT2D eigenvalue weighted by atomic mass is 32.1. The molecule has 0 saturated carbocycles. The highest BCUT2D eigenvalue weighted by Crippen LogP contribution is 2.21. The normalized spacial score (nSPS) is 33.8. The number of hydrogen-bond donors (Lipinski definition) is 1. The van der Waals surface area contributed by atoms with Crippen LogP contribution in [-0.4, -0.2) is 59.8 Å². The Hall–Kier alpha value is -0.420. The number of piperazine rings is 3. The van der Waals surface area contributed by atoms with Crippen molar-refractivity contribution in [1.29, 1.82) is 0 Å². The average molecular weight is 252 g/mol. The van der Waals surface area contributed by atoms with Crippen molar-refractivity contribution < 1.29 is 5.11 Å². The highest BCUT2D eigenvalue weighted by Gasteiger charge is 2.35. The fraction of sp³-hybridized carbons (Fsp3) is 0.692. The lowest BCUT2D eigenvalue weighted by Crippen LogP contribution is -2.64. The van der Waals surface area contributed by atoms with E-state index in [4.69, 9.17) is 0 Å². The van der Waals surface area contributed by atoms with Gasteiger partial charge in [-0.05, 0) is 24.3 Å². The summed E-state index contributed by atoms with van der Waals surface area (Å²) in [6.45, 7) is 5.72. The van der Waals surface area contributed by atoms with Crippen molar-refractivity contribution in [1.82, 2.24) is 9.80 Å². The first-order valence-corrected chi connectivity index (χ1v) is 7.38. The first-order chi connectivity index (χ1) is 8.33. The smallest absolute Gasteiger partial charge is 0.0711 e. The van der Waals surface area contributed by atoms with Gasteiger partial charge in [0.15, 0.2) is 0 Å².